The third kappa shape index (κ3) is 4.17. The van der Waals surface area contributed by atoms with E-state index in [2.05, 4.69) is 5.32 Å². The van der Waals surface area contributed by atoms with Gasteiger partial charge in [0.15, 0.2) is 6.61 Å². The highest BCUT2D eigenvalue weighted by Gasteiger charge is 2.19. The number of nitrogens with zero attached hydrogens (tertiary/aromatic N) is 2. The average molecular weight is 415 g/mol. The summed E-state index contributed by atoms with van der Waals surface area (Å²) in [4.78, 5) is 37.1. The van der Waals surface area contributed by atoms with Crippen LogP contribution in [-0.2, 0) is 16.6 Å². The first-order chi connectivity index (χ1) is 13.8. The Bertz CT molecular complexity index is 1140. The van der Waals surface area contributed by atoms with E-state index in [9.17, 15) is 14.4 Å². The van der Waals surface area contributed by atoms with Gasteiger partial charge < -0.3 is 15.8 Å². The lowest BCUT2D eigenvalue weighted by atomic mass is 10.2. The number of anilines is 2. The normalized spacial score (nSPS) is 10.6. The molecular weight excluding hydrogens is 396 g/mol. The van der Waals surface area contributed by atoms with Gasteiger partial charge in [-0.25, -0.2) is 9.48 Å². The summed E-state index contributed by atoms with van der Waals surface area (Å²) in [6.45, 7) is 1.15. The summed E-state index contributed by atoms with van der Waals surface area (Å²) in [6.07, 6.45) is 0. The Morgan fingerprint density at radius 3 is 2.52 bits per heavy atom. The number of para-hydroxylation sites is 1. The van der Waals surface area contributed by atoms with Crippen molar-refractivity contribution in [3.63, 3.8) is 0 Å². The van der Waals surface area contributed by atoms with Gasteiger partial charge in [-0.15, -0.1) is 0 Å². The molecule has 0 fully saturated rings. The van der Waals surface area contributed by atoms with Gasteiger partial charge in [0.05, 0.1) is 27.7 Å². The summed E-state index contributed by atoms with van der Waals surface area (Å²) in [6, 6.07) is 13.3. The number of aromatic nitrogens is 2. The molecule has 0 aliphatic heterocycles. The van der Waals surface area contributed by atoms with Crippen LogP contribution in [0.15, 0.2) is 53.3 Å². The minimum absolute atomic E-state index is 0.119. The Labute approximate surface area is 171 Å². The third-order valence-electron chi connectivity index (χ3n) is 4.38. The van der Waals surface area contributed by atoms with Crippen molar-refractivity contribution in [2.24, 2.45) is 7.05 Å². The topological polar surface area (TPSA) is 108 Å². The van der Waals surface area contributed by atoms with Gasteiger partial charge in [-0.3, -0.25) is 14.3 Å². The van der Waals surface area contributed by atoms with Crippen molar-refractivity contribution in [2.45, 2.75) is 6.92 Å². The molecule has 150 valence electrons. The van der Waals surface area contributed by atoms with Gasteiger partial charge in [0, 0.05) is 7.05 Å². The van der Waals surface area contributed by atoms with Crippen molar-refractivity contribution < 1.29 is 14.3 Å². The Kier molecular flexibility index (Phi) is 5.74. The molecule has 0 bridgehead atoms. The average Bonchev–Trinajstić information content (AvgIpc) is 2.92. The van der Waals surface area contributed by atoms with E-state index in [0.717, 1.165) is 0 Å². The van der Waals surface area contributed by atoms with Crippen molar-refractivity contribution in [3.05, 3.63) is 75.2 Å². The van der Waals surface area contributed by atoms with Crippen LogP contribution in [0.25, 0.3) is 5.69 Å². The van der Waals surface area contributed by atoms with Crippen LogP contribution in [0, 0.1) is 6.92 Å². The maximum absolute atomic E-state index is 12.8. The number of amides is 1. The number of carbonyl (C=O) groups is 2. The van der Waals surface area contributed by atoms with Crippen LogP contribution < -0.4 is 16.6 Å². The molecule has 0 radical (unpaired) electrons. The zero-order valence-electron chi connectivity index (χ0n) is 15.8. The lowest BCUT2D eigenvalue weighted by molar-refractivity contribution is -0.119. The quantitative estimate of drug-likeness (QED) is 0.492. The third-order valence-corrected chi connectivity index (χ3v) is 4.73. The van der Waals surface area contributed by atoms with Crippen molar-refractivity contribution in [1.29, 1.82) is 0 Å². The van der Waals surface area contributed by atoms with Gasteiger partial charge in [0.1, 0.15) is 5.69 Å². The predicted molar refractivity (Wildman–Crippen MR) is 111 cm³/mol. The number of esters is 1. The van der Waals surface area contributed by atoms with Crippen molar-refractivity contribution >= 4 is 34.9 Å². The molecule has 0 aliphatic carbocycles. The molecular formula is C20H19ClN4O4. The lowest BCUT2D eigenvalue weighted by Crippen LogP contribution is -2.25. The molecule has 2 aromatic carbocycles. The fourth-order valence-electron chi connectivity index (χ4n) is 2.77. The van der Waals surface area contributed by atoms with E-state index >= 15 is 0 Å². The molecule has 0 saturated heterocycles. The molecule has 3 rings (SSSR count). The van der Waals surface area contributed by atoms with Crippen molar-refractivity contribution in [3.8, 4) is 5.69 Å². The maximum atomic E-state index is 12.8. The minimum Gasteiger partial charge on any atom is -0.452 e. The summed E-state index contributed by atoms with van der Waals surface area (Å²) < 4.78 is 8.07. The predicted octanol–water partition coefficient (Wildman–Crippen LogP) is 2.52. The van der Waals surface area contributed by atoms with E-state index in [1.807, 2.05) is 18.2 Å². The highest BCUT2D eigenvalue weighted by molar-refractivity contribution is 6.33. The number of ether oxygens (including phenoxy) is 1. The zero-order valence-corrected chi connectivity index (χ0v) is 16.6. The van der Waals surface area contributed by atoms with E-state index in [0.29, 0.717) is 16.4 Å². The molecule has 8 nitrogen and oxygen atoms in total. The van der Waals surface area contributed by atoms with E-state index in [1.165, 1.54) is 22.9 Å². The molecule has 1 aromatic heterocycles. The number of halogens is 1. The molecule has 1 amide bonds. The number of benzene rings is 2. The monoisotopic (exact) mass is 414 g/mol. The molecule has 0 aliphatic rings. The Hall–Kier alpha value is -3.52. The van der Waals surface area contributed by atoms with Gasteiger partial charge in [-0.2, -0.15) is 0 Å². The summed E-state index contributed by atoms with van der Waals surface area (Å²) >= 11 is 5.82. The Balaban J connectivity index is 1.72. The highest BCUT2D eigenvalue weighted by atomic mass is 35.5. The van der Waals surface area contributed by atoms with Gasteiger partial charge in [-0.1, -0.05) is 29.8 Å². The van der Waals surface area contributed by atoms with Gasteiger partial charge in [-0.05, 0) is 37.3 Å². The van der Waals surface area contributed by atoms with Crippen LogP contribution >= 0.6 is 11.6 Å². The van der Waals surface area contributed by atoms with Gasteiger partial charge >= 0.3 is 5.97 Å². The number of carbonyl (C=O) groups excluding carboxylic acids is 2. The smallest absolute Gasteiger partial charge is 0.338 e. The Morgan fingerprint density at radius 1 is 1.17 bits per heavy atom. The standard InChI is InChI=1S/C20H19ClN4O4/c1-12-18(19(27)25(24(12)2)14-6-4-3-5-7-14)23-17(26)11-29-20(28)13-8-9-15(21)16(22)10-13/h3-10H,11,22H2,1-2H3,(H,23,26). The van der Waals surface area contributed by atoms with E-state index in [4.69, 9.17) is 22.1 Å². The number of hydrogen-bond acceptors (Lipinski definition) is 5. The maximum Gasteiger partial charge on any atom is 0.338 e. The summed E-state index contributed by atoms with van der Waals surface area (Å²) in [5, 5.41) is 2.83. The second-order valence-corrected chi connectivity index (χ2v) is 6.70. The van der Waals surface area contributed by atoms with Crippen LogP contribution in [-0.4, -0.2) is 27.8 Å². The van der Waals surface area contributed by atoms with Crippen LogP contribution in [0.2, 0.25) is 5.02 Å². The van der Waals surface area contributed by atoms with Crippen LogP contribution in [0.1, 0.15) is 16.1 Å². The molecule has 29 heavy (non-hydrogen) atoms. The number of hydrogen-bond donors (Lipinski definition) is 2. The highest BCUT2D eigenvalue weighted by Crippen LogP contribution is 2.20. The summed E-state index contributed by atoms with van der Waals surface area (Å²) in [5.74, 6) is -1.36. The van der Waals surface area contributed by atoms with Gasteiger partial charge in [0.2, 0.25) is 0 Å². The molecule has 0 spiro atoms. The molecule has 0 atom stereocenters. The molecule has 9 heteroatoms. The second-order valence-electron chi connectivity index (χ2n) is 6.30. The first kappa shape index (κ1) is 20.2. The van der Waals surface area contributed by atoms with Crippen LogP contribution in [0.4, 0.5) is 11.4 Å². The first-order valence-corrected chi connectivity index (χ1v) is 9.03. The summed E-state index contributed by atoms with van der Waals surface area (Å²) in [7, 11) is 1.71. The fraction of sp³-hybridized carbons (Fsp3) is 0.150. The Morgan fingerprint density at radius 2 is 1.86 bits per heavy atom. The minimum atomic E-state index is -0.727. The SMILES string of the molecule is Cc1c(NC(=O)COC(=O)c2ccc(Cl)c(N)c2)c(=O)n(-c2ccccc2)n1C. The number of nitrogens with one attached hydrogen (secondary N) is 1. The van der Waals surface area contributed by atoms with E-state index < -0.39 is 18.5 Å². The van der Waals surface area contributed by atoms with Crippen molar-refractivity contribution in [2.75, 3.05) is 17.7 Å². The van der Waals surface area contributed by atoms with Crippen LogP contribution in [0.3, 0.4) is 0 Å². The number of nitrogen functional groups attached to an aromatic ring is 1. The first-order valence-electron chi connectivity index (χ1n) is 8.65. The molecule has 0 unspecified atom stereocenters. The summed E-state index contributed by atoms with van der Waals surface area (Å²) in [5.41, 5.74) is 7.01. The van der Waals surface area contributed by atoms with Crippen molar-refractivity contribution in [1.82, 2.24) is 9.36 Å². The van der Waals surface area contributed by atoms with Gasteiger partial charge in [0.25, 0.3) is 11.5 Å². The second kappa shape index (κ2) is 8.24. The van der Waals surface area contributed by atoms with E-state index in [1.54, 1.807) is 30.8 Å². The van der Waals surface area contributed by atoms with E-state index in [-0.39, 0.29) is 22.5 Å². The zero-order chi connectivity index (χ0) is 21.1. The lowest BCUT2D eigenvalue weighted by Gasteiger charge is -2.07. The van der Waals surface area contributed by atoms with Crippen LogP contribution in [0.5, 0.6) is 0 Å². The molecule has 3 N–H and O–H groups in total. The number of nitrogens with two attached hydrogens (primary N) is 1. The fourth-order valence-corrected chi connectivity index (χ4v) is 2.89. The molecule has 1 heterocycles. The number of rotatable bonds is 5. The molecule has 3 aromatic rings. The molecule has 0 saturated carbocycles. The largest absolute Gasteiger partial charge is 0.452 e.